The number of aromatic nitrogens is 4. The van der Waals surface area contributed by atoms with Crippen LogP contribution in [0.25, 0.3) is 11.5 Å². The summed E-state index contributed by atoms with van der Waals surface area (Å²) in [7, 11) is 0. The minimum atomic E-state index is -0.567. The van der Waals surface area contributed by atoms with Crippen LogP contribution in [0.4, 0.5) is 4.79 Å². The molecular formula is C7H7N5O. The fourth-order valence-corrected chi connectivity index (χ4v) is 1.06. The van der Waals surface area contributed by atoms with Crippen molar-refractivity contribution in [2.75, 3.05) is 0 Å². The van der Waals surface area contributed by atoms with Crippen LogP contribution in [-0.2, 0) is 0 Å². The average Bonchev–Trinajstić information content (AvgIpc) is 2.74. The van der Waals surface area contributed by atoms with Crippen LogP contribution in [0.1, 0.15) is 0 Å². The lowest BCUT2D eigenvalue weighted by molar-refractivity contribution is 0.250. The first-order valence-corrected chi connectivity index (χ1v) is 3.61. The van der Waals surface area contributed by atoms with Crippen molar-refractivity contribution in [1.29, 1.82) is 0 Å². The largest absolute Gasteiger partial charge is 0.351 e. The Morgan fingerprint density at radius 2 is 2.46 bits per heavy atom. The summed E-state index contributed by atoms with van der Waals surface area (Å²) in [5.41, 5.74) is 5.77. The third-order valence-electron chi connectivity index (χ3n) is 1.62. The van der Waals surface area contributed by atoms with Crippen LogP contribution in [0, 0.1) is 0 Å². The Labute approximate surface area is 73.4 Å². The normalized spacial score (nSPS) is 10.2. The third kappa shape index (κ3) is 1.18. The Morgan fingerprint density at radius 3 is 3.08 bits per heavy atom. The standard InChI is InChI=1S/C7H7N5O/c8-7(13)12-2-1-10-6(12)5-3-9-4-11-5/h1-4H,(H2,8,13)(H,9,11). The molecule has 0 radical (unpaired) electrons. The van der Waals surface area contributed by atoms with Crippen molar-refractivity contribution in [2.45, 2.75) is 0 Å². The summed E-state index contributed by atoms with van der Waals surface area (Å²) in [5.74, 6) is 0.463. The van der Waals surface area contributed by atoms with Gasteiger partial charge in [-0.05, 0) is 0 Å². The molecular weight excluding hydrogens is 170 g/mol. The zero-order valence-corrected chi connectivity index (χ0v) is 6.64. The lowest BCUT2D eigenvalue weighted by atomic mass is 10.4. The number of imidazole rings is 2. The van der Waals surface area contributed by atoms with E-state index >= 15 is 0 Å². The number of hydrogen-bond donors (Lipinski definition) is 2. The molecule has 0 aliphatic heterocycles. The van der Waals surface area contributed by atoms with E-state index in [2.05, 4.69) is 15.0 Å². The second-order valence-corrected chi connectivity index (χ2v) is 2.42. The number of amides is 1. The topological polar surface area (TPSA) is 89.6 Å². The molecule has 0 aliphatic carbocycles. The van der Waals surface area contributed by atoms with E-state index in [1.807, 2.05) is 0 Å². The number of nitrogens with zero attached hydrogens (tertiary/aromatic N) is 3. The van der Waals surface area contributed by atoms with E-state index in [0.29, 0.717) is 11.5 Å². The number of H-pyrrole nitrogens is 1. The average molecular weight is 177 g/mol. The minimum absolute atomic E-state index is 0.463. The molecule has 66 valence electrons. The van der Waals surface area contributed by atoms with E-state index in [0.717, 1.165) is 0 Å². The highest BCUT2D eigenvalue weighted by Gasteiger charge is 2.09. The van der Waals surface area contributed by atoms with Crippen molar-refractivity contribution in [1.82, 2.24) is 19.5 Å². The summed E-state index contributed by atoms with van der Waals surface area (Å²) in [5, 5.41) is 0. The van der Waals surface area contributed by atoms with Crippen molar-refractivity contribution in [3.63, 3.8) is 0 Å². The number of carbonyl (C=O) groups is 1. The molecule has 0 saturated carbocycles. The lowest BCUT2D eigenvalue weighted by Gasteiger charge is -1.98. The summed E-state index contributed by atoms with van der Waals surface area (Å²) >= 11 is 0. The van der Waals surface area contributed by atoms with Gasteiger partial charge in [-0.1, -0.05) is 0 Å². The molecule has 1 amide bonds. The number of rotatable bonds is 1. The Hall–Kier alpha value is -2.11. The molecule has 6 nitrogen and oxygen atoms in total. The van der Waals surface area contributed by atoms with Gasteiger partial charge in [0.1, 0.15) is 5.69 Å². The summed E-state index contributed by atoms with van der Waals surface area (Å²) in [4.78, 5) is 21.5. The highest BCUT2D eigenvalue weighted by molar-refractivity contribution is 5.79. The van der Waals surface area contributed by atoms with E-state index in [1.54, 1.807) is 6.20 Å². The molecule has 2 aromatic rings. The van der Waals surface area contributed by atoms with Crippen molar-refractivity contribution in [2.24, 2.45) is 5.73 Å². The van der Waals surface area contributed by atoms with Gasteiger partial charge in [0.2, 0.25) is 0 Å². The van der Waals surface area contributed by atoms with Crippen molar-refractivity contribution >= 4 is 6.03 Å². The molecule has 0 spiro atoms. The van der Waals surface area contributed by atoms with E-state index < -0.39 is 6.03 Å². The zero-order chi connectivity index (χ0) is 9.26. The SMILES string of the molecule is NC(=O)n1ccnc1-c1cnc[nH]1. The van der Waals surface area contributed by atoms with Crippen LogP contribution >= 0.6 is 0 Å². The first-order valence-electron chi connectivity index (χ1n) is 3.61. The van der Waals surface area contributed by atoms with Crippen molar-refractivity contribution < 1.29 is 4.79 Å². The van der Waals surface area contributed by atoms with Gasteiger partial charge in [0.05, 0.1) is 12.5 Å². The van der Waals surface area contributed by atoms with Crippen LogP contribution in [-0.4, -0.2) is 25.6 Å². The number of carbonyl (C=O) groups excluding carboxylic acids is 1. The monoisotopic (exact) mass is 177 g/mol. The highest BCUT2D eigenvalue weighted by Crippen LogP contribution is 2.11. The number of nitrogens with two attached hydrogens (primary N) is 1. The second kappa shape index (κ2) is 2.74. The fourth-order valence-electron chi connectivity index (χ4n) is 1.06. The second-order valence-electron chi connectivity index (χ2n) is 2.42. The third-order valence-corrected chi connectivity index (χ3v) is 1.62. The van der Waals surface area contributed by atoms with Gasteiger partial charge in [0.15, 0.2) is 5.82 Å². The van der Waals surface area contributed by atoms with Crippen LogP contribution in [0.2, 0.25) is 0 Å². The summed E-state index contributed by atoms with van der Waals surface area (Å²) < 4.78 is 1.24. The smallest absolute Gasteiger partial charge is 0.324 e. The maximum atomic E-state index is 10.9. The predicted molar refractivity (Wildman–Crippen MR) is 44.8 cm³/mol. The molecule has 0 aliphatic rings. The minimum Gasteiger partial charge on any atom is -0.351 e. The van der Waals surface area contributed by atoms with Crippen LogP contribution in [0.5, 0.6) is 0 Å². The molecule has 0 saturated heterocycles. The number of aromatic amines is 1. The van der Waals surface area contributed by atoms with Gasteiger partial charge in [0.25, 0.3) is 0 Å². The molecule has 2 rings (SSSR count). The summed E-state index contributed by atoms with van der Waals surface area (Å²) in [6.45, 7) is 0. The van der Waals surface area contributed by atoms with E-state index in [9.17, 15) is 4.79 Å². The van der Waals surface area contributed by atoms with Crippen LogP contribution < -0.4 is 5.73 Å². The van der Waals surface area contributed by atoms with E-state index in [1.165, 1.54) is 23.3 Å². The van der Waals surface area contributed by atoms with Crippen LogP contribution in [0.15, 0.2) is 24.9 Å². The number of hydrogen-bond acceptors (Lipinski definition) is 3. The van der Waals surface area contributed by atoms with E-state index in [4.69, 9.17) is 5.73 Å². The van der Waals surface area contributed by atoms with Crippen LogP contribution in [0.3, 0.4) is 0 Å². The molecule has 0 unspecified atom stereocenters. The van der Waals surface area contributed by atoms with Gasteiger partial charge < -0.3 is 10.7 Å². The van der Waals surface area contributed by atoms with Gasteiger partial charge in [-0.15, -0.1) is 0 Å². The predicted octanol–water partition coefficient (Wildman–Crippen LogP) is 0.200. The first-order chi connectivity index (χ1) is 6.29. The fraction of sp³-hybridized carbons (Fsp3) is 0. The maximum absolute atomic E-state index is 10.9. The Bertz CT molecular complexity index is 416. The van der Waals surface area contributed by atoms with Gasteiger partial charge in [0, 0.05) is 12.4 Å². The Kier molecular flexibility index (Phi) is 1.59. The summed E-state index contributed by atoms with van der Waals surface area (Å²) in [6.07, 6.45) is 6.08. The molecule has 2 heterocycles. The van der Waals surface area contributed by atoms with Gasteiger partial charge in [-0.3, -0.25) is 4.57 Å². The lowest BCUT2D eigenvalue weighted by Crippen LogP contribution is -2.19. The quantitative estimate of drug-likeness (QED) is 0.651. The molecule has 3 N–H and O–H groups in total. The molecule has 6 heteroatoms. The molecule has 0 bridgehead atoms. The first kappa shape index (κ1) is 7.53. The Balaban J connectivity index is 2.52. The van der Waals surface area contributed by atoms with Gasteiger partial charge in [-0.2, -0.15) is 0 Å². The number of nitrogens with one attached hydrogen (secondary N) is 1. The molecule has 0 atom stereocenters. The van der Waals surface area contributed by atoms with Gasteiger partial charge in [-0.25, -0.2) is 14.8 Å². The van der Waals surface area contributed by atoms with Gasteiger partial charge >= 0.3 is 6.03 Å². The van der Waals surface area contributed by atoms with Crippen molar-refractivity contribution in [3.8, 4) is 11.5 Å². The molecule has 0 aromatic carbocycles. The zero-order valence-electron chi connectivity index (χ0n) is 6.64. The maximum Gasteiger partial charge on any atom is 0.324 e. The highest BCUT2D eigenvalue weighted by atomic mass is 16.2. The molecule has 2 aromatic heterocycles. The summed E-state index contributed by atoms with van der Waals surface area (Å²) in [6, 6.07) is -0.567. The molecule has 13 heavy (non-hydrogen) atoms. The molecule has 0 fully saturated rings. The van der Waals surface area contributed by atoms with E-state index in [-0.39, 0.29) is 0 Å². The number of primary amides is 1. The Morgan fingerprint density at radius 1 is 1.62 bits per heavy atom. The van der Waals surface area contributed by atoms with Crippen molar-refractivity contribution in [3.05, 3.63) is 24.9 Å².